The molecule has 220 valence electrons. The van der Waals surface area contributed by atoms with E-state index in [1.165, 1.54) is 22.2 Å². The van der Waals surface area contributed by atoms with Crippen molar-refractivity contribution < 1.29 is 28.9 Å². The Balaban J connectivity index is 1.50. The second-order valence-electron chi connectivity index (χ2n) is 9.29. The second kappa shape index (κ2) is 16.3. The molecule has 3 aliphatic heterocycles. The van der Waals surface area contributed by atoms with E-state index in [4.69, 9.17) is 31.3 Å². The van der Waals surface area contributed by atoms with E-state index in [-0.39, 0.29) is 12.0 Å². The van der Waals surface area contributed by atoms with E-state index in [0.717, 1.165) is 82.9 Å². The Kier molecular flexibility index (Phi) is 13.2. The summed E-state index contributed by atoms with van der Waals surface area (Å²) >= 11 is 12.9. The Morgan fingerprint density at radius 1 is 1.15 bits per heavy atom. The first kappa shape index (κ1) is 32.4. The SMILES string of the molecule is C=C1CSCC(OCCOc2cc3c(cc2SOOO)N(CCCCCC)/C(=C2\SC(=S)N(C)C2=O)S3)CSC1. The average molecular weight is 663 g/mol. The van der Waals surface area contributed by atoms with Crippen LogP contribution in [0, 0.1) is 0 Å². The lowest BCUT2D eigenvalue weighted by molar-refractivity contribution is -0.432. The van der Waals surface area contributed by atoms with Gasteiger partial charge in [-0.05, 0) is 18.6 Å². The van der Waals surface area contributed by atoms with Crippen LogP contribution in [0.4, 0.5) is 5.69 Å². The highest BCUT2D eigenvalue weighted by Crippen LogP contribution is 2.53. The Hall–Kier alpha value is -0.550. The third-order valence-electron chi connectivity index (χ3n) is 6.23. The zero-order chi connectivity index (χ0) is 28.5. The Morgan fingerprint density at radius 2 is 1.93 bits per heavy atom. The molecule has 3 aliphatic rings. The summed E-state index contributed by atoms with van der Waals surface area (Å²) in [5.74, 6) is 4.33. The predicted molar refractivity (Wildman–Crippen MR) is 173 cm³/mol. The van der Waals surface area contributed by atoms with Gasteiger partial charge in [-0.15, -0.1) is 4.33 Å². The third kappa shape index (κ3) is 8.51. The lowest BCUT2D eigenvalue weighted by Gasteiger charge is -2.22. The van der Waals surface area contributed by atoms with E-state index >= 15 is 0 Å². The number of hydrogen-bond acceptors (Lipinski definition) is 13. The van der Waals surface area contributed by atoms with Gasteiger partial charge >= 0.3 is 0 Å². The van der Waals surface area contributed by atoms with E-state index in [0.29, 0.717) is 33.1 Å². The number of nitrogens with zero attached hydrogens (tertiary/aromatic N) is 2. The second-order valence-corrected chi connectivity index (χ2v) is 14.8. The van der Waals surface area contributed by atoms with Crippen LogP contribution in [0.5, 0.6) is 5.75 Å². The molecule has 0 radical (unpaired) electrons. The molecule has 0 atom stereocenters. The summed E-state index contributed by atoms with van der Waals surface area (Å²) in [6, 6.07) is 3.91. The van der Waals surface area contributed by atoms with Crippen LogP contribution in [0.25, 0.3) is 0 Å². The number of ether oxygens (including phenoxy) is 2. The van der Waals surface area contributed by atoms with E-state index in [1.807, 2.05) is 35.7 Å². The van der Waals surface area contributed by atoms with Gasteiger partial charge in [-0.25, -0.2) is 5.26 Å². The summed E-state index contributed by atoms with van der Waals surface area (Å²) in [6.07, 6.45) is 4.56. The highest BCUT2D eigenvalue weighted by Gasteiger charge is 2.38. The molecule has 2 saturated heterocycles. The first-order valence-electron chi connectivity index (χ1n) is 13.0. The Labute approximate surface area is 262 Å². The van der Waals surface area contributed by atoms with Crippen molar-refractivity contribution in [3.05, 3.63) is 34.2 Å². The average Bonchev–Trinajstić information content (AvgIpc) is 3.41. The largest absolute Gasteiger partial charge is 0.490 e. The van der Waals surface area contributed by atoms with Crippen LogP contribution >= 0.6 is 71.3 Å². The van der Waals surface area contributed by atoms with E-state index < -0.39 is 0 Å². The van der Waals surface area contributed by atoms with Crippen molar-refractivity contribution in [1.29, 1.82) is 0 Å². The Morgan fingerprint density at radius 3 is 2.60 bits per heavy atom. The van der Waals surface area contributed by atoms with Gasteiger partial charge in [0.05, 0.1) is 35.3 Å². The van der Waals surface area contributed by atoms with Gasteiger partial charge in [0.15, 0.2) is 0 Å². The van der Waals surface area contributed by atoms with E-state index in [2.05, 4.69) is 23.4 Å². The molecular formula is C26H34N2O6S6. The molecule has 3 heterocycles. The number of carbonyl (C=O) groups is 1. The maximum atomic E-state index is 13.0. The van der Waals surface area contributed by atoms with Gasteiger partial charge in [-0.2, -0.15) is 23.5 Å². The van der Waals surface area contributed by atoms with Gasteiger partial charge in [-0.1, -0.05) is 79.1 Å². The third-order valence-corrected chi connectivity index (χ3v) is 12.1. The fraction of sp³-hybridized carbons (Fsp3) is 0.538. The molecule has 0 aromatic heterocycles. The Bertz CT molecular complexity index is 1110. The number of likely N-dealkylation sites (N-methyl/N-ethyl adjacent to an activating group) is 1. The number of carbonyl (C=O) groups excluding carboxylic acids is 1. The van der Waals surface area contributed by atoms with Crippen molar-refractivity contribution in [3.63, 3.8) is 0 Å². The minimum Gasteiger partial charge on any atom is -0.490 e. The van der Waals surface area contributed by atoms with Gasteiger partial charge in [-0.3, -0.25) is 9.69 Å². The van der Waals surface area contributed by atoms with Crippen LogP contribution < -0.4 is 9.64 Å². The van der Waals surface area contributed by atoms with E-state index in [1.54, 1.807) is 18.8 Å². The number of hydrogen-bond donors (Lipinski definition) is 1. The van der Waals surface area contributed by atoms with Crippen LogP contribution in [0.2, 0.25) is 0 Å². The molecule has 14 heteroatoms. The summed E-state index contributed by atoms with van der Waals surface area (Å²) < 4.78 is 17.6. The number of rotatable bonds is 13. The maximum Gasteiger partial charge on any atom is 0.268 e. The van der Waals surface area contributed by atoms with Gasteiger partial charge in [0.1, 0.15) is 26.6 Å². The summed E-state index contributed by atoms with van der Waals surface area (Å²) in [4.78, 5) is 19.0. The van der Waals surface area contributed by atoms with Gasteiger partial charge in [0.2, 0.25) is 0 Å². The van der Waals surface area contributed by atoms with Crippen LogP contribution in [-0.2, 0) is 18.9 Å². The van der Waals surface area contributed by atoms with Crippen molar-refractivity contribution in [2.75, 3.05) is 54.7 Å². The highest BCUT2D eigenvalue weighted by molar-refractivity contribution is 8.27. The molecule has 2 fully saturated rings. The molecule has 4 rings (SSSR count). The van der Waals surface area contributed by atoms with E-state index in [9.17, 15) is 4.79 Å². The number of unbranched alkanes of at least 4 members (excludes halogenated alkanes) is 3. The number of thioether (sulfide) groups is 4. The molecule has 0 spiro atoms. The normalized spacial score (nSPS) is 20.3. The molecule has 40 heavy (non-hydrogen) atoms. The van der Waals surface area contributed by atoms with Crippen LogP contribution in [0.3, 0.4) is 0 Å². The number of fused-ring (bicyclic) bond motifs is 1. The van der Waals surface area contributed by atoms with Gasteiger partial charge in [0, 0.05) is 41.5 Å². The lowest BCUT2D eigenvalue weighted by Crippen LogP contribution is -2.25. The zero-order valence-corrected chi connectivity index (χ0v) is 27.4. The molecule has 8 nitrogen and oxygen atoms in total. The first-order valence-corrected chi connectivity index (χ1v) is 18.1. The predicted octanol–water partition coefficient (Wildman–Crippen LogP) is 7.07. The topological polar surface area (TPSA) is 80.7 Å². The number of anilines is 1. The fourth-order valence-corrected chi connectivity index (χ4v) is 9.44. The summed E-state index contributed by atoms with van der Waals surface area (Å²) in [5.41, 5.74) is 2.23. The molecule has 1 aromatic carbocycles. The lowest BCUT2D eigenvalue weighted by atomic mass is 10.2. The molecule has 1 N–H and O–H groups in total. The zero-order valence-electron chi connectivity index (χ0n) is 22.5. The van der Waals surface area contributed by atoms with Crippen LogP contribution in [-0.4, -0.2) is 76.3 Å². The van der Waals surface area contributed by atoms with Crippen molar-refractivity contribution >= 4 is 87.2 Å². The minimum atomic E-state index is -0.0843. The van der Waals surface area contributed by atoms with Gasteiger partial charge in [0.25, 0.3) is 5.91 Å². The van der Waals surface area contributed by atoms with Crippen molar-refractivity contribution in [2.45, 2.75) is 48.5 Å². The maximum absolute atomic E-state index is 13.0. The van der Waals surface area contributed by atoms with Gasteiger partial charge < -0.3 is 14.4 Å². The highest BCUT2D eigenvalue weighted by atomic mass is 32.2. The number of amides is 1. The number of thiocarbonyl (C=S) groups is 1. The van der Waals surface area contributed by atoms with Crippen LogP contribution in [0.1, 0.15) is 32.6 Å². The summed E-state index contributed by atoms with van der Waals surface area (Å²) in [6.45, 7) is 7.86. The first-order chi connectivity index (χ1) is 19.4. The molecular weight excluding hydrogens is 629 g/mol. The van der Waals surface area contributed by atoms with Crippen LogP contribution in [0.15, 0.2) is 44.0 Å². The smallest absolute Gasteiger partial charge is 0.268 e. The van der Waals surface area contributed by atoms with Crippen molar-refractivity contribution in [1.82, 2.24) is 4.90 Å². The molecule has 0 saturated carbocycles. The minimum absolute atomic E-state index is 0.0843. The monoisotopic (exact) mass is 662 g/mol. The molecule has 0 aliphatic carbocycles. The number of benzene rings is 1. The molecule has 0 unspecified atom stereocenters. The molecule has 0 bridgehead atoms. The molecule has 1 aromatic rings. The van der Waals surface area contributed by atoms with Crippen molar-refractivity contribution in [3.8, 4) is 5.75 Å². The standard InChI is InChI=1S/C26H34N2O6S6/c1-4-5-6-7-8-28-19-11-22(40-34-33-30)20(32-10-9-31-18-15-36-13-17(2)14-37-16-18)12-21(19)38-25(28)23-24(29)27(3)26(35)39-23/h11-12,18,30H,2,4-10,13-16H2,1,3H3/b25-23+. The fourth-order valence-electron chi connectivity index (χ4n) is 4.20. The molecule has 1 amide bonds. The quantitative estimate of drug-likeness (QED) is 0.0445. The summed E-state index contributed by atoms with van der Waals surface area (Å²) in [7, 11) is 1.71. The summed E-state index contributed by atoms with van der Waals surface area (Å²) in [5, 5.41) is 13.6. The van der Waals surface area contributed by atoms with Crippen molar-refractivity contribution in [2.24, 2.45) is 0 Å².